The van der Waals surface area contributed by atoms with Gasteiger partial charge in [-0.15, -0.1) is 0 Å². The number of aryl methyl sites for hydroxylation is 1. The fourth-order valence-electron chi connectivity index (χ4n) is 3.73. The number of thiocarbonyl (C=S) groups is 1. The zero-order chi connectivity index (χ0) is 23.9. The molecule has 0 unspecified atom stereocenters. The third kappa shape index (κ3) is 4.01. The first-order valence-electron chi connectivity index (χ1n) is 9.90. The van der Waals surface area contributed by atoms with E-state index in [0.717, 1.165) is 22.0 Å². The number of phenols is 1. The predicted molar refractivity (Wildman–Crippen MR) is 127 cm³/mol. The van der Waals surface area contributed by atoms with Crippen LogP contribution in [0.3, 0.4) is 0 Å². The van der Waals surface area contributed by atoms with Crippen molar-refractivity contribution in [2.24, 2.45) is 0 Å². The second-order valence-electron chi connectivity index (χ2n) is 7.49. The lowest BCUT2D eigenvalue weighted by Gasteiger charge is -2.29. The minimum absolute atomic E-state index is 0.0654. The maximum atomic E-state index is 13.2. The number of carbonyl (C=O) groups excluding carboxylic acids is 2. The monoisotopic (exact) mass is 461 g/mol. The molecule has 2 aromatic carbocycles. The summed E-state index contributed by atoms with van der Waals surface area (Å²) < 4.78 is 1.95. The molecule has 8 nitrogen and oxygen atoms in total. The number of nitrogens with zero attached hydrogens (tertiary/aromatic N) is 2. The molecule has 1 aliphatic rings. The maximum Gasteiger partial charge on any atom is 0.335 e. The predicted octanol–water partition coefficient (Wildman–Crippen LogP) is 3.33. The van der Waals surface area contributed by atoms with E-state index in [1.54, 1.807) is 24.3 Å². The zero-order valence-corrected chi connectivity index (χ0v) is 18.5. The van der Waals surface area contributed by atoms with Gasteiger partial charge in [0.1, 0.15) is 11.3 Å². The number of hydrogen-bond donors (Lipinski definition) is 3. The summed E-state index contributed by atoms with van der Waals surface area (Å²) in [6, 6.07) is 14.2. The highest BCUT2D eigenvalue weighted by atomic mass is 32.1. The minimum Gasteiger partial charge on any atom is -0.508 e. The number of aromatic hydroxyl groups is 1. The number of carboxylic acids is 1. The van der Waals surface area contributed by atoms with Gasteiger partial charge in [0.05, 0.1) is 11.3 Å². The Morgan fingerprint density at radius 1 is 1.00 bits per heavy atom. The van der Waals surface area contributed by atoms with Gasteiger partial charge < -0.3 is 14.8 Å². The number of carboxylic acid groups (broad SMARTS) is 1. The molecule has 0 atom stereocenters. The van der Waals surface area contributed by atoms with Crippen LogP contribution in [0.15, 0.2) is 60.2 Å². The second-order valence-corrected chi connectivity index (χ2v) is 7.87. The molecule has 1 aliphatic heterocycles. The molecule has 0 aliphatic carbocycles. The highest BCUT2D eigenvalue weighted by Crippen LogP contribution is 2.27. The number of carbonyl (C=O) groups is 3. The minimum atomic E-state index is -1.09. The second kappa shape index (κ2) is 8.36. The molecule has 0 saturated carbocycles. The number of amides is 2. The van der Waals surface area contributed by atoms with Gasteiger partial charge >= 0.3 is 5.97 Å². The molecule has 1 aromatic heterocycles. The number of hydrogen-bond acceptors (Lipinski definition) is 5. The maximum absolute atomic E-state index is 13.2. The summed E-state index contributed by atoms with van der Waals surface area (Å²) in [5, 5.41) is 21.1. The lowest BCUT2D eigenvalue weighted by atomic mass is 10.1. The van der Waals surface area contributed by atoms with E-state index >= 15 is 0 Å². The quantitative estimate of drug-likeness (QED) is 0.312. The van der Waals surface area contributed by atoms with Crippen LogP contribution in [0.4, 0.5) is 5.69 Å². The van der Waals surface area contributed by atoms with Crippen LogP contribution in [0.25, 0.3) is 11.8 Å². The van der Waals surface area contributed by atoms with Crippen LogP contribution in [0, 0.1) is 13.8 Å². The van der Waals surface area contributed by atoms with Gasteiger partial charge in [0.25, 0.3) is 11.8 Å². The highest BCUT2D eigenvalue weighted by Gasteiger charge is 2.34. The average molecular weight is 461 g/mol. The summed E-state index contributed by atoms with van der Waals surface area (Å²) in [7, 11) is 0. The fourth-order valence-corrected chi connectivity index (χ4v) is 4.01. The van der Waals surface area contributed by atoms with Crippen molar-refractivity contribution in [2.75, 3.05) is 4.90 Å². The van der Waals surface area contributed by atoms with E-state index in [-0.39, 0.29) is 22.0 Å². The van der Waals surface area contributed by atoms with E-state index in [4.69, 9.17) is 17.3 Å². The van der Waals surface area contributed by atoms with Crippen LogP contribution >= 0.6 is 12.2 Å². The zero-order valence-electron chi connectivity index (χ0n) is 17.7. The first-order chi connectivity index (χ1) is 15.7. The largest absolute Gasteiger partial charge is 0.508 e. The van der Waals surface area contributed by atoms with Crippen molar-refractivity contribution in [2.45, 2.75) is 13.8 Å². The van der Waals surface area contributed by atoms with Gasteiger partial charge in [0, 0.05) is 17.1 Å². The number of benzene rings is 2. The molecule has 33 heavy (non-hydrogen) atoms. The summed E-state index contributed by atoms with van der Waals surface area (Å²) in [5.41, 5.74) is 3.49. The van der Waals surface area contributed by atoms with Crippen molar-refractivity contribution in [1.29, 1.82) is 0 Å². The van der Waals surface area contributed by atoms with Gasteiger partial charge in [-0.2, -0.15) is 0 Å². The molecule has 0 bridgehead atoms. The van der Waals surface area contributed by atoms with Crippen molar-refractivity contribution in [3.8, 4) is 11.4 Å². The average Bonchev–Trinajstić information content (AvgIpc) is 3.05. The third-order valence-electron chi connectivity index (χ3n) is 5.35. The molecule has 1 saturated heterocycles. The lowest BCUT2D eigenvalue weighted by molar-refractivity contribution is -0.122. The van der Waals surface area contributed by atoms with E-state index in [1.807, 2.05) is 24.5 Å². The Morgan fingerprint density at radius 3 is 2.21 bits per heavy atom. The molecule has 0 radical (unpaired) electrons. The molecular weight excluding hydrogens is 442 g/mol. The van der Waals surface area contributed by atoms with Crippen LogP contribution in [-0.4, -0.2) is 37.7 Å². The summed E-state index contributed by atoms with van der Waals surface area (Å²) >= 11 is 5.20. The molecule has 3 aromatic rings. The highest BCUT2D eigenvalue weighted by molar-refractivity contribution is 7.80. The van der Waals surface area contributed by atoms with E-state index in [1.165, 1.54) is 30.3 Å². The van der Waals surface area contributed by atoms with Crippen LogP contribution in [0.5, 0.6) is 5.75 Å². The number of anilines is 1. The topological polar surface area (TPSA) is 112 Å². The molecule has 4 rings (SSSR count). The Morgan fingerprint density at radius 2 is 1.61 bits per heavy atom. The van der Waals surface area contributed by atoms with Crippen molar-refractivity contribution in [3.63, 3.8) is 0 Å². The molecule has 3 N–H and O–H groups in total. The van der Waals surface area contributed by atoms with Gasteiger partial charge in [-0.3, -0.25) is 19.8 Å². The van der Waals surface area contributed by atoms with E-state index in [9.17, 15) is 19.5 Å². The van der Waals surface area contributed by atoms with E-state index in [0.29, 0.717) is 11.3 Å². The Kier molecular flexibility index (Phi) is 5.57. The number of phenolic OH excluding ortho intramolecular Hbond substituents is 1. The van der Waals surface area contributed by atoms with Crippen molar-refractivity contribution in [1.82, 2.24) is 9.88 Å². The Hall–Kier alpha value is -4.24. The molecule has 166 valence electrons. The molecule has 2 amide bonds. The summed E-state index contributed by atoms with van der Waals surface area (Å²) in [5.74, 6) is -2.16. The van der Waals surface area contributed by atoms with Crippen LogP contribution < -0.4 is 10.2 Å². The van der Waals surface area contributed by atoms with Crippen molar-refractivity contribution in [3.05, 3.63) is 82.7 Å². The molecular formula is C24H19N3O5S. The lowest BCUT2D eigenvalue weighted by Crippen LogP contribution is -2.54. The van der Waals surface area contributed by atoms with E-state index in [2.05, 4.69) is 5.32 Å². The van der Waals surface area contributed by atoms with Crippen LogP contribution in [-0.2, 0) is 9.59 Å². The number of aromatic carboxylic acids is 1. The SMILES string of the molecule is Cc1cc(/C=C2/C(=O)NC(=S)N(c3ccc(C(=O)O)cc3)C2=O)c(C)n1-c1ccc(O)cc1. The normalized spacial score (nSPS) is 15.2. The molecule has 0 spiro atoms. The third-order valence-corrected chi connectivity index (χ3v) is 5.64. The fraction of sp³-hybridized carbons (Fsp3) is 0.0833. The molecule has 2 heterocycles. The van der Waals surface area contributed by atoms with Gasteiger partial charge in [-0.05, 0) is 92.3 Å². The molecule has 1 fully saturated rings. The molecule has 9 heteroatoms. The Balaban J connectivity index is 1.73. The summed E-state index contributed by atoms with van der Waals surface area (Å²) in [6.07, 6.45) is 1.51. The first-order valence-corrected chi connectivity index (χ1v) is 10.3. The summed E-state index contributed by atoms with van der Waals surface area (Å²) in [6.45, 7) is 3.76. The standard InChI is InChI=1S/C24H19N3O5S/c1-13-11-16(14(2)26(13)17-7-9-19(28)10-8-17)12-20-21(29)25-24(33)27(22(20)30)18-5-3-15(4-6-18)23(31)32/h3-12,28H,1-2H3,(H,31,32)(H,25,29,33)/b20-12-. The number of rotatable bonds is 4. The smallest absolute Gasteiger partial charge is 0.335 e. The van der Waals surface area contributed by atoms with Crippen LogP contribution in [0.1, 0.15) is 27.3 Å². The first kappa shape index (κ1) is 22.0. The Labute approximate surface area is 194 Å². The van der Waals surface area contributed by atoms with Gasteiger partial charge in [-0.1, -0.05) is 0 Å². The summed E-state index contributed by atoms with van der Waals surface area (Å²) in [4.78, 5) is 38.1. The van der Waals surface area contributed by atoms with Crippen molar-refractivity contribution < 1.29 is 24.6 Å². The Bertz CT molecular complexity index is 1340. The van der Waals surface area contributed by atoms with Gasteiger partial charge in [-0.25, -0.2) is 4.79 Å². The van der Waals surface area contributed by atoms with E-state index < -0.39 is 17.8 Å². The number of aromatic nitrogens is 1. The van der Waals surface area contributed by atoms with Gasteiger partial charge in [0.15, 0.2) is 5.11 Å². The van der Waals surface area contributed by atoms with Crippen LogP contribution in [0.2, 0.25) is 0 Å². The van der Waals surface area contributed by atoms with Gasteiger partial charge in [0.2, 0.25) is 0 Å². The number of nitrogens with one attached hydrogen (secondary N) is 1. The van der Waals surface area contributed by atoms with Crippen molar-refractivity contribution >= 4 is 46.9 Å².